The molecule has 4 nitrogen and oxygen atoms in total. The van der Waals surface area contributed by atoms with Crippen molar-refractivity contribution < 1.29 is 13.9 Å². The number of likely N-dealkylation sites (tertiary alicyclic amines) is 1. The lowest BCUT2D eigenvalue weighted by Crippen LogP contribution is -2.41. The highest BCUT2D eigenvalue weighted by Gasteiger charge is 2.25. The van der Waals surface area contributed by atoms with E-state index in [4.69, 9.17) is 4.74 Å². The van der Waals surface area contributed by atoms with Gasteiger partial charge in [-0.3, -0.25) is 4.79 Å². The molecule has 134 valence electrons. The first-order valence-corrected chi connectivity index (χ1v) is 9.97. The summed E-state index contributed by atoms with van der Waals surface area (Å²) in [6.45, 7) is 1.27. The number of thiazole rings is 1. The number of piperidine rings is 1. The first-order valence-electron chi connectivity index (χ1n) is 8.37. The average molecular weight is 435 g/mol. The molecule has 0 spiro atoms. The molecule has 0 bridgehead atoms. The summed E-state index contributed by atoms with van der Waals surface area (Å²) in [5.41, 5.74) is 1.04. The van der Waals surface area contributed by atoms with Crippen molar-refractivity contribution in [3.05, 3.63) is 58.3 Å². The third-order valence-corrected chi connectivity index (χ3v) is 5.82. The molecule has 1 saturated heterocycles. The third kappa shape index (κ3) is 3.59. The highest BCUT2D eigenvalue weighted by Crippen LogP contribution is 2.31. The van der Waals surface area contributed by atoms with Crippen molar-refractivity contribution in [2.24, 2.45) is 0 Å². The maximum absolute atomic E-state index is 13.7. The minimum absolute atomic E-state index is 0.00909. The van der Waals surface area contributed by atoms with E-state index in [1.807, 2.05) is 35.2 Å². The first-order chi connectivity index (χ1) is 12.6. The Bertz CT molecular complexity index is 954. The van der Waals surface area contributed by atoms with Crippen LogP contribution in [0.2, 0.25) is 0 Å². The van der Waals surface area contributed by atoms with Crippen molar-refractivity contribution in [1.29, 1.82) is 0 Å². The molecule has 1 aromatic heterocycles. The number of para-hydroxylation sites is 1. The van der Waals surface area contributed by atoms with Crippen molar-refractivity contribution in [2.45, 2.75) is 18.9 Å². The van der Waals surface area contributed by atoms with Gasteiger partial charge in [0.2, 0.25) is 0 Å². The van der Waals surface area contributed by atoms with Crippen LogP contribution in [0.15, 0.2) is 46.9 Å². The summed E-state index contributed by atoms with van der Waals surface area (Å²) in [6, 6.07) is 12.3. The van der Waals surface area contributed by atoms with E-state index in [9.17, 15) is 9.18 Å². The van der Waals surface area contributed by atoms with E-state index in [0.717, 1.165) is 22.0 Å². The van der Waals surface area contributed by atoms with E-state index in [0.29, 0.717) is 29.4 Å². The van der Waals surface area contributed by atoms with Crippen LogP contribution in [0.25, 0.3) is 10.2 Å². The second-order valence-electron chi connectivity index (χ2n) is 6.19. The maximum atomic E-state index is 13.7. The van der Waals surface area contributed by atoms with Gasteiger partial charge in [-0.15, -0.1) is 0 Å². The molecule has 0 aliphatic carbocycles. The summed E-state index contributed by atoms with van der Waals surface area (Å²) >= 11 is 4.75. The smallest absolute Gasteiger partial charge is 0.274 e. The number of fused-ring (bicyclic) bond motifs is 1. The highest BCUT2D eigenvalue weighted by atomic mass is 79.9. The summed E-state index contributed by atoms with van der Waals surface area (Å²) in [6.07, 6.45) is 1.46. The number of amides is 1. The van der Waals surface area contributed by atoms with Crippen LogP contribution in [0, 0.1) is 5.82 Å². The molecule has 7 heteroatoms. The summed E-state index contributed by atoms with van der Waals surface area (Å²) in [5.74, 6) is -0.296. The number of ether oxygens (including phenoxy) is 1. The van der Waals surface area contributed by atoms with Gasteiger partial charge in [-0.1, -0.05) is 39.4 Å². The molecular weight excluding hydrogens is 419 g/mol. The molecule has 2 heterocycles. The molecule has 0 atom stereocenters. The number of halogens is 2. The Morgan fingerprint density at radius 3 is 2.73 bits per heavy atom. The predicted octanol–water partition coefficient (Wildman–Crippen LogP) is 4.88. The van der Waals surface area contributed by atoms with E-state index in [-0.39, 0.29) is 17.8 Å². The van der Waals surface area contributed by atoms with E-state index in [1.165, 1.54) is 17.4 Å². The fraction of sp³-hybridized carbons (Fsp3) is 0.263. The van der Waals surface area contributed by atoms with Gasteiger partial charge in [-0.25, -0.2) is 4.39 Å². The van der Waals surface area contributed by atoms with Crippen LogP contribution in [0.4, 0.5) is 4.39 Å². The normalized spacial score (nSPS) is 15.4. The van der Waals surface area contributed by atoms with Crippen LogP contribution in [0.5, 0.6) is 5.19 Å². The van der Waals surface area contributed by atoms with Crippen LogP contribution >= 0.6 is 27.3 Å². The van der Waals surface area contributed by atoms with Crippen LogP contribution < -0.4 is 4.74 Å². The van der Waals surface area contributed by atoms with Gasteiger partial charge < -0.3 is 9.64 Å². The molecule has 1 aliphatic rings. The number of aromatic nitrogens is 1. The van der Waals surface area contributed by atoms with Crippen LogP contribution in [0.3, 0.4) is 0 Å². The molecule has 0 unspecified atom stereocenters. The largest absolute Gasteiger partial charge is 0.467 e. The minimum Gasteiger partial charge on any atom is -0.467 e. The monoisotopic (exact) mass is 434 g/mol. The van der Waals surface area contributed by atoms with Gasteiger partial charge in [-0.05, 0) is 30.3 Å². The molecule has 0 radical (unpaired) electrons. The Morgan fingerprint density at radius 2 is 2.00 bits per heavy atom. The van der Waals surface area contributed by atoms with Gasteiger partial charge >= 0.3 is 0 Å². The highest BCUT2D eigenvalue weighted by molar-refractivity contribution is 9.10. The number of hydrogen-bond donors (Lipinski definition) is 0. The number of rotatable bonds is 3. The molecule has 1 fully saturated rings. The van der Waals surface area contributed by atoms with E-state index >= 15 is 0 Å². The second kappa shape index (κ2) is 7.32. The van der Waals surface area contributed by atoms with Crippen molar-refractivity contribution in [3.8, 4) is 5.19 Å². The zero-order chi connectivity index (χ0) is 18.1. The molecule has 0 saturated carbocycles. The Morgan fingerprint density at radius 1 is 1.23 bits per heavy atom. The van der Waals surface area contributed by atoms with Gasteiger partial charge in [0.05, 0.1) is 4.70 Å². The molecule has 26 heavy (non-hydrogen) atoms. The Hall–Kier alpha value is -1.99. The topological polar surface area (TPSA) is 42.4 Å². The summed E-state index contributed by atoms with van der Waals surface area (Å²) in [5, 5.41) is 0.488. The van der Waals surface area contributed by atoms with Crippen molar-refractivity contribution in [1.82, 2.24) is 9.88 Å². The number of carbonyl (C=O) groups excluding carboxylic acids is 1. The van der Waals surface area contributed by atoms with Gasteiger partial charge in [0.25, 0.3) is 11.1 Å². The average Bonchev–Trinajstić information content (AvgIpc) is 3.06. The second-order valence-corrected chi connectivity index (χ2v) is 8.09. The number of benzene rings is 2. The van der Waals surface area contributed by atoms with E-state index in [1.54, 1.807) is 6.07 Å². The molecule has 2 aromatic carbocycles. The zero-order valence-corrected chi connectivity index (χ0v) is 16.2. The van der Waals surface area contributed by atoms with Gasteiger partial charge in [0.15, 0.2) is 0 Å². The fourth-order valence-electron chi connectivity index (χ4n) is 3.07. The Kier molecular flexibility index (Phi) is 4.91. The lowest BCUT2D eigenvalue weighted by atomic mass is 10.1. The molecule has 0 N–H and O–H groups in total. The molecule has 1 amide bonds. The number of carbonyl (C=O) groups is 1. The van der Waals surface area contributed by atoms with Crippen LogP contribution in [-0.4, -0.2) is 35.0 Å². The fourth-order valence-corrected chi connectivity index (χ4v) is 4.36. The van der Waals surface area contributed by atoms with Crippen LogP contribution in [-0.2, 0) is 0 Å². The lowest BCUT2D eigenvalue weighted by Gasteiger charge is -2.31. The summed E-state index contributed by atoms with van der Waals surface area (Å²) < 4.78 is 21.4. The molecule has 4 rings (SSSR count). The third-order valence-electron chi connectivity index (χ3n) is 4.42. The number of nitrogens with zero attached hydrogens (tertiary/aromatic N) is 2. The zero-order valence-electron chi connectivity index (χ0n) is 13.8. The minimum atomic E-state index is -0.331. The quantitative estimate of drug-likeness (QED) is 0.589. The van der Waals surface area contributed by atoms with Crippen LogP contribution in [0.1, 0.15) is 23.2 Å². The number of hydrogen-bond acceptors (Lipinski definition) is 4. The van der Waals surface area contributed by atoms with Crippen molar-refractivity contribution >= 4 is 43.4 Å². The Labute approximate surface area is 162 Å². The predicted molar refractivity (Wildman–Crippen MR) is 103 cm³/mol. The first kappa shape index (κ1) is 17.4. The molecular formula is C19H16BrFN2O2S. The SMILES string of the molecule is O=C(c1cccc(Br)c1)N1CCC(Oc2nc3c(F)cccc3s2)CC1. The van der Waals surface area contributed by atoms with Crippen molar-refractivity contribution in [3.63, 3.8) is 0 Å². The molecule has 3 aromatic rings. The Balaban J connectivity index is 1.38. The maximum Gasteiger partial charge on any atom is 0.274 e. The van der Waals surface area contributed by atoms with Gasteiger partial charge in [0, 0.05) is 36.0 Å². The van der Waals surface area contributed by atoms with E-state index in [2.05, 4.69) is 20.9 Å². The molecule has 1 aliphatic heterocycles. The van der Waals surface area contributed by atoms with Crippen molar-refractivity contribution in [2.75, 3.05) is 13.1 Å². The standard InChI is InChI=1S/C19H16BrFN2O2S/c20-13-4-1-3-12(11-13)18(24)23-9-7-14(8-10-23)25-19-22-17-15(21)5-2-6-16(17)26-19/h1-6,11,14H,7-10H2. The van der Waals surface area contributed by atoms with E-state index < -0.39 is 0 Å². The summed E-state index contributed by atoms with van der Waals surface area (Å²) in [7, 11) is 0. The van der Waals surface area contributed by atoms with Gasteiger partial charge in [-0.2, -0.15) is 4.98 Å². The lowest BCUT2D eigenvalue weighted by molar-refractivity contribution is 0.0595. The van der Waals surface area contributed by atoms with Gasteiger partial charge in [0.1, 0.15) is 17.4 Å². The summed E-state index contributed by atoms with van der Waals surface area (Å²) in [4.78, 5) is 18.7.